The standard InChI is InChI=1S/C24H32FN5O5.ClH/c1-14(26)22(32)28-18-13-29(21(31)12-25)10-8-15-6-7-19(30(15)24(18)34)23(33)27-17-9-11-35-20-5-3-2-4-16(17)20;/h2-5,14-15,17-19H,6-13,26H2,1H3,(H,27,33)(H,28,32);1H/t14-,15+,17+,18-,19-;/m0./s1. The topological polar surface area (TPSA) is 134 Å². The lowest BCUT2D eigenvalue weighted by molar-refractivity contribution is -0.147. The van der Waals surface area contributed by atoms with E-state index in [2.05, 4.69) is 10.6 Å². The molecule has 4 N–H and O–H groups in total. The van der Waals surface area contributed by atoms with Crippen molar-refractivity contribution in [1.82, 2.24) is 20.4 Å². The summed E-state index contributed by atoms with van der Waals surface area (Å²) in [4.78, 5) is 54.3. The van der Waals surface area contributed by atoms with Gasteiger partial charge in [0, 0.05) is 31.1 Å². The number of halogens is 2. The molecule has 0 bridgehead atoms. The summed E-state index contributed by atoms with van der Waals surface area (Å²) in [6.07, 6.45) is 2.06. The number of nitrogens with two attached hydrogens (primary N) is 1. The van der Waals surface area contributed by atoms with Crippen LogP contribution in [0.1, 0.15) is 44.2 Å². The Morgan fingerprint density at radius 1 is 1.14 bits per heavy atom. The van der Waals surface area contributed by atoms with Crippen LogP contribution in [0.15, 0.2) is 24.3 Å². The minimum atomic E-state index is -1.19. The van der Waals surface area contributed by atoms with Gasteiger partial charge in [-0.25, -0.2) is 4.39 Å². The SMILES string of the molecule is C[C@H](N)C(=O)N[C@H]1CN(C(=O)CF)CC[C@H]2CC[C@@H](C(=O)N[C@@H]3CCOc4ccccc43)N2C1=O.Cl. The van der Waals surface area contributed by atoms with E-state index >= 15 is 0 Å². The predicted molar refractivity (Wildman–Crippen MR) is 131 cm³/mol. The number of nitrogens with zero attached hydrogens (tertiary/aromatic N) is 2. The Hall–Kier alpha value is -2.92. The molecule has 198 valence electrons. The van der Waals surface area contributed by atoms with E-state index in [-0.39, 0.29) is 43.5 Å². The lowest BCUT2D eigenvalue weighted by Crippen LogP contribution is -2.62. The van der Waals surface area contributed by atoms with Gasteiger partial charge in [0.25, 0.3) is 5.91 Å². The molecule has 0 aromatic heterocycles. The van der Waals surface area contributed by atoms with E-state index in [9.17, 15) is 23.6 Å². The van der Waals surface area contributed by atoms with Crippen molar-refractivity contribution in [3.63, 3.8) is 0 Å². The molecule has 2 saturated heterocycles. The summed E-state index contributed by atoms with van der Waals surface area (Å²) in [5.41, 5.74) is 6.55. The van der Waals surface area contributed by atoms with Gasteiger partial charge in [-0.3, -0.25) is 19.2 Å². The molecule has 0 unspecified atom stereocenters. The number of rotatable bonds is 5. The van der Waals surface area contributed by atoms with E-state index in [0.717, 1.165) is 11.3 Å². The van der Waals surface area contributed by atoms with Gasteiger partial charge in [0.15, 0.2) is 6.67 Å². The van der Waals surface area contributed by atoms with Gasteiger partial charge < -0.3 is 30.9 Å². The van der Waals surface area contributed by atoms with Crippen LogP contribution >= 0.6 is 12.4 Å². The summed E-state index contributed by atoms with van der Waals surface area (Å²) >= 11 is 0. The second kappa shape index (κ2) is 11.9. The molecule has 3 aliphatic heterocycles. The first-order valence-electron chi connectivity index (χ1n) is 12.0. The second-order valence-corrected chi connectivity index (χ2v) is 9.34. The van der Waals surface area contributed by atoms with Crippen molar-refractivity contribution in [1.29, 1.82) is 0 Å². The molecule has 10 nitrogen and oxygen atoms in total. The van der Waals surface area contributed by atoms with Gasteiger partial charge >= 0.3 is 0 Å². The molecule has 1 aromatic carbocycles. The molecule has 0 radical (unpaired) electrons. The number of ether oxygens (including phenoxy) is 1. The van der Waals surface area contributed by atoms with Crippen molar-refractivity contribution in [3.05, 3.63) is 29.8 Å². The summed E-state index contributed by atoms with van der Waals surface area (Å²) in [6, 6.07) is 4.29. The average molecular weight is 526 g/mol. The van der Waals surface area contributed by atoms with E-state index in [1.165, 1.54) is 11.8 Å². The Bertz CT molecular complexity index is 995. The smallest absolute Gasteiger partial charge is 0.254 e. The van der Waals surface area contributed by atoms with Gasteiger partial charge in [-0.15, -0.1) is 12.4 Å². The fraction of sp³-hybridized carbons (Fsp3) is 0.583. The van der Waals surface area contributed by atoms with Crippen LogP contribution in [0.2, 0.25) is 0 Å². The van der Waals surface area contributed by atoms with Gasteiger partial charge in [0.1, 0.15) is 17.8 Å². The summed E-state index contributed by atoms with van der Waals surface area (Å²) in [5, 5.41) is 5.67. The maximum absolute atomic E-state index is 13.6. The summed E-state index contributed by atoms with van der Waals surface area (Å²) < 4.78 is 18.8. The van der Waals surface area contributed by atoms with Crippen molar-refractivity contribution < 1.29 is 28.3 Å². The highest BCUT2D eigenvalue weighted by atomic mass is 35.5. The van der Waals surface area contributed by atoms with Gasteiger partial charge in [-0.1, -0.05) is 18.2 Å². The van der Waals surface area contributed by atoms with Crippen LogP contribution in [0.3, 0.4) is 0 Å². The van der Waals surface area contributed by atoms with Crippen LogP contribution in [0, 0.1) is 0 Å². The lowest BCUT2D eigenvalue weighted by Gasteiger charge is -2.39. The van der Waals surface area contributed by atoms with Crippen molar-refractivity contribution in [2.24, 2.45) is 5.73 Å². The van der Waals surface area contributed by atoms with Crippen LogP contribution in [-0.2, 0) is 19.2 Å². The number of nitrogens with one attached hydrogen (secondary N) is 2. The number of alkyl halides is 1. The highest BCUT2D eigenvalue weighted by Crippen LogP contribution is 2.33. The van der Waals surface area contributed by atoms with E-state index in [0.29, 0.717) is 32.3 Å². The molecule has 1 aromatic rings. The Morgan fingerprint density at radius 3 is 2.61 bits per heavy atom. The second-order valence-electron chi connectivity index (χ2n) is 9.34. The number of fused-ring (bicyclic) bond motifs is 2. The molecule has 0 saturated carbocycles. The molecular weight excluding hydrogens is 493 g/mol. The normalized spacial score (nSPS) is 26.2. The molecule has 2 fully saturated rings. The Balaban J connectivity index is 0.00000361. The largest absolute Gasteiger partial charge is 0.493 e. The fourth-order valence-corrected chi connectivity index (χ4v) is 5.11. The van der Waals surface area contributed by atoms with Crippen LogP contribution in [0.25, 0.3) is 0 Å². The van der Waals surface area contributed by atoms with Crippen LogP contribution in [-0.4, -0.2) is 84.0 Å². The Labute approximate surface area is 215 Å². The number of carbonyl (C=O) groups is 4. The first-order chi connectivity index (χ1) is 16.8. The van der Waals surface area contributed by atoms with Crippen molar-refractivity contribution in [2.45, 2.75) is 62.8 Å². The van der Waals surface area contributed by atoms with Crippen molar-refractivity contribution >= 4 is 36.0 Å². The van der Waals surface area contributed by atoms with Crippen molar-refractivity contribution in [3.8, 4) is 5.75 Å². The zero-order valence-corrected chi connectivity index (χ0v) is 21.0. The van der Waals surface area contributed by atoms with Gasteiger partial charge in [-0.2, -0.15) is 0 Å². The van der Waals surface area contributed by atoms with E-state index < -0.39 is 42.5 Å². The van der Waals surface area contributed by atoms with Gasteiger partial charge in [0.2, 0.25) is 17.7 Å². The highest BCUT2D eigenvalue weighted by Gasteiger charge is 2.46. The zero-order valence-electron chi connectivity index (χ0n) is 20.2. The maximum Gasteiger partial charge on any atom is 0.254 e. The molecule has 4 amide bonds. The molecule has 0 aliphatic carbocycles. The Kier molecular flexibility index (Phi) is 9.13. The molecule has 5 atom stereocenters. The van der Waals surface area contributed by atoms with Crippen LogP contribution in [0.4, 0.5) is 4.39 Å². The third-order valence-corrected chi connectivity index (χ3v) is 6.97. The predicted octanol–water partition coefficient (Wildman–Crippen LogP) is 0.442. The number of amides is 4. The monoisotopic (exact) mass is 525 g/mol. The van der Waals surface area contributed by atoms with Crippen molar-refractivity contribution in [2.75, 3.05) is 26.4 Å². The summed E-state index contributed by atoms with van der Waals surface area (Å²) in [5.74, 6) is -1.31. The minimum absolute atomic E-state index is 0. The number of carbonyl (C=O) groups excluding carboxylic acids is 4. The third kappa shape index (κ3) is 5.73. The number of para-hydroxylation sites is 1. The molecular formula is C24H33ClFN5O5. The van der Waals surface area contributed by atoms with Crippen LogP contribution < -0.4 is 21.1 Å². The Morgan fingerprint density at radius 2 is 1.89 bits per heavy atom. The molecule has 36 heavy (non-hydrogen) atoms. The van der Waals surface area contributed by atoms with Gasteiger partial charge in [0.05, 0.1) is 18.7 Å². The molecule has 0 spiro atoms. The molecule has 12 heteroatoms. The number of hydrogen-bond acceptors (Lipinski definition) is 6. The quantitative estimate of drug-likeness (QED) is 0.511. The maximum atomic E-state index is 13.6. The van der Waals surface area contributed by atoms with E-state index in [4.69, 9.17) is 10.5 Å². The number of benzene rings is 1. The lowest BCUT2D eigenvalue weighted by atomic mass is 10.00. The average Bonchev–Trinajstić information content (AvgIpc) is 3.27. The third-order valence-electron chi connectivity index (χ3n) is 6.97. The minimum Gasteiger partial charge on any atom is -0.493 e. The van der Waals surface area contributed by atoms with Gasteiger partial charge in [-0.05, 0) is 32.3 Å². The van der Waals surface area contributed by atoms with E-state index in [1.54, 1.807) is 4.90 Å². The van der Waals surface area contributed by atoms with Crippen LogP contribution in [0.5, 0.6) is 5.75 Å². The molecule has 4 rings (SSSR count). The molecule has 3 aliphatic rings. The molecule has 3 heterocycles. The zero-order chi connectivity index (χ0) is 25.1. The first kappa shape index (κ1) is 27.7. The number of hydrogen-bond donors (Lipinski definition) is 3. The summed E-state index contributed by atoms with van der Waals surface area (Å²) in [7, 11) is 0. The fourth-order valence-electron chi connectivity index (χ4n) is 5.11. The summed E-state index contributed by atoms with van der Waals surface area (Å²) in [6.45, 7) is 0.818. The highest BCUT2D eigenvalue weighted by molar-refractivity contribution is 5.94. The van der Waals surface area contributed by atoms with E-state index in [1.807, 2.05) is 24.3 Å². The first-order valence-corrected chi connectivity index (χ1v) is 12.0.